The quantitative estimate of drug-likeness (QED) is 0.847. The number of hydrogen-bond donors (Lipinski definition) is 0. The summed E-state index contributed by atoms with van der Waals surface area (Å²) in [6, 6.07) is 1.81. The summed E-state index contributed by atoms with van der Waals surface area (Å²) in [7, 11) is 0. The van der Waals surface area contributed by atoms with Gasteiger partial charge >= 0.3 is 0 Å². The van der Waals surface area contributed by atoms with Gasteiger partial charge in [0.05, 0.1) is 18.1 Å². The topological polar surface area (TPSA) is 77.1 Å². The second kappa shape index (κ2) is 7.07. The Balaban J connectivity index is 1.58. The Morgan fingerprint density at radius 1 is 1.28 bits per heavy atom. The molecule has 136 valence electrons. The maximum Gasteiger partial charge on any atom is 0.253 e. The van der Waals surface area contributed by atoms with E-state index in [0.29, 0.717) is 11.8 Å². The molecule has 1 aliphatic heterocycles. The van der Waals surface area contributed by atoms with Gasteiger partial charge in [0, 0.05) is 18.0 Å². The maximum atomic E-state index is 12.4. The molecular formula is C18H27N5O2. The van der Waals surface area contributed by atoms with Crippen LogP contribution < -0.4 is 5.56 Å². The molecule has 0 aromatic carbocycles. The third-order valence-electron chi connectivity index (χ3n) is 5.04. The molecule has 1 unspecified atom stereocenters. The molecule has 1 atom stereocenters. The van der Waals surface area contributed by atoms with Crippen molar-refractivity contribution >= 4 is 0 Å². The average Bonchev–Trinajstić information content (AvgIpc) is 3.10. The van der Waals surface area contributed by atoms with E-state index in [-0.39, 0.29) is 17.0 Å². The predicted molar refractivity (Wildman–Crippen MR) is 94.2 cm³/mol. The summed E-state index contributed by atoms with van der Waals surface area (Å²) < 4.78 is 6.92. The van der Waals surface area contributed by atoms with Crippen molar-refractivity contribution in [3.8, 4) is 0 Å². The first-order chi connectivity index (χ1) is 11.8. The second-order valence-corrected chi connectivity index (χ2v) is 7.95. The molecule has 0 saturated carbocycles. The average molecular weight is 345 g/mol. The normalized spacial score (nSPS) is 18.4. The SMILES string of the molecule is CC(c1ncno1)N1CCC(Cn2cnc(C(C)(C)C)cc2=O)CC1. The Hall–Kier alpha value is -2.02. The van der Waals surface area contributed by atoms with Crippen LogP contribution in [0, 0.1) is 5.92 Å². The van der Waals surface area contributed by atoms with Gasteiger partial charge in [0.15, 0.2) is 6.33 Å². The van der Waals surface area contributed by atoms with Gasteiger partial charge in [-0.15, -0.1) is 0 Å². The van der Waals surface area contributed by atoms with Crippen LogP contribution in [0.4, 0.5) is 0 Å². The lowest BCUT2D eigenvalue weighted by Crippen LogP contribution is -2.38. The number of aromatic nitrogens is 4. The van der Waals surface area contributed by atoms with E-state index in [1.165, 1.54) is 6.33 Å². The van der Waals surface area contributed by atoms with E-state index in [4.69, 9.17) is 4.52 Å². The van der Waals surface area contributed by atoms with E-state index in [9.17, 15) is 4.79 Å². The summed E-state index contributed by atoms with van der Waals surface area (Å²) in [5, 5.41) is 3.69. The molecule has 1 saturated heterocycles. The van der Waals surface area contributed by atoms with Crippen LogP contribution >= 0.6 is 0 Å². The van der Waals surface area contributed by atoms with E-state index < -0.39 is 0 Å². The van der Waals surface area contributed by atoms with Crippen molar-refractivity contribution in [1.82, 2.24) is 24.6 Å². The molecule has 1 aliphatic rings. The molecule has 25 heavy (non-hydrogen) atoms. The molecule has 0 spiro atoms. The van der Waals surface area contributed by atoms with Crippen LogP contribution in [0.3, 0.4) is 0 Å². The molecule has 0 radical (unpaired) electrons. The summed E-state index contributed by atoms with van der Waals surface area (Å²) in [5.41, 5.74) is 0.785. The van der Waals surface area contributed by atoms with E-state index >= 15 is 0 Å². The summed E-state index contributed by atoms with van der Waals surface area (Å²) in [5.74, 6) is 1.16. The minimum atomic E-state index is -0.103. The van der Waals surface area contributed by atoms with Gasteiger partial charge in [0.25, 0.3) is 5.56 Å². The summed E-state index contributed by atoms with van der Waals surface area (Å²) >= 11 is 0. The molecule has 3 heterocycles. The van der Waals surface area contributed by atoms with E-state index in [2.05, 4.69) is 47.7 Å². The van der Waals surface area contributed by atoms with E-state index in [1.54, 1.807) is 17.0 Å². The Kier molecular flexibility index (Phi) is 5.03. The summed E-state index contributed by atoms with van der Waals surface area (Å²) in [6.07, 6.45) is 5.24. The molecule has 0 amide bonds. The minimum absolute atomic E-state index is 0.0431. The van der Waals surface area contributed by atoms with Crippen molar-refractivity contribution in [2.45, 2.75) is 58.5 Å². The van der Waals surface area contributed by atoms with Crippen molar-refractivity contribution in [1.29, 1.82) is 0 Å². The highest BCUT2D eigenvalue weighted by Crippen LogP contribution is 2.26. The Morgan fingerprint density at radius 2 is 2.00 bits per heavy atom. The predicted octanol–water partition coefficient (Wildman–Crippen LogP) is 2.40. The summed E-state index contributed by atoms with van der Waals surface area (Å²) in [4.78, 5) is 23.4. The molecule has 3 rings (SSSR count). The highest BCUT2D eigenvalue weighted by molar-refractivity contribution is 5.10. The van der Waals surface area contributed by atoms with Crippen LogP contribution in [0.15, 0.2) is 28.0 Å². The van der Waals surface area contributed by atoms with Gasteiger partial charge in [0.2, 0.25) is 5.89 Å². The van der Waals surface area contributed by atoms with Crippen LogP contribution in [0.5, 0.6) is 0 Å². The van der Waals surface area contributed by atoms with Crippen molar-refractivity contribution in [2.75, 3.05) is 13.1 Å². The molecular weight excluding hydrogens is 318 g/mol. The van der Waals surface area contributed by atoms with Gasteiger partial charge < -0.3 is 4.52 Å². The Bertz CT molecular complexity index is 740. The van der Waals surface area contributed by atoms with Crippen LogP contribution in [0.25, 0.3) is 0 Å². The Labute approximate surface area is 148 Å². The van der Waals surface area contributed by atoms with Crippen molar-refractivity contribution in [3.63, 3.8) is 0 Å². The highest BCUT2D eigenvalue weighted by Gasteiger charge is 2.26. The second-order valence-electron chi connectivity index (χ2n) is 7.95. The lowest BCUT2D eigenvalue weighted by Gasteiger charge is -2.34. The first-order valence-corrected chi connectivity index (χ1v) is 8.92. The zero-order valence-corrected chi connectivity index (χ0v) is 15.5. The van der Waals surface area contributed by atoms with Crippen LogP contribution in [-0.4, -0.2) is 37.7 Å². The number of rotatable bonds is 4. The fourth-order valence-electron chi connectivity index (χ4n) is 3.30. The largest absolute Gasteiger partial charge is 0.338 e. The lowest BCUT2D eigenvalue weighted by molar-refractivity contribution is 0.113. The number of likely N-dealkylation sites (tertiary alicyclic amines) is 1. The van der Waals surface area contributed by atoms with E-state index in [1.807, 2.05) is 0 Å². The van der Waals surface area contributed by atoms with Gasteiger partial charge in [-0.25, -0.2) is 4.98 Å². The zero-order valence-electron chi connectivity index (χ0n) is 15.5. The third kappa shape index (κ3) is 4.15. The van der Waals surface area contributed by atoms with Crippen LogP contribution in [0.2, 0.25) is 0 Å². The molecule has 1 fully saturated rings. The van der Waals surface area contributed by atoms with E-state index in [0.717, 1.165) is 38.2 Å². The standard InChI is InChI=1S/C18H27N5O2/c1-13(17-19-11-21-25-17)22-7-5-14(6-8-22)10-23-12-20-15(9-16(23)24)18(2,3)4/h9,11-14H,5-8,10H2,1-4H3. The van der Waals surface area contributed by atoms with Gasteiger partial charge in [0.1, 0.15) is 0 Å². The fourth-order valence-corrected chi connectivity index (χ4v) is 3.30. The van der Waals surface area contributed by atoms with Crippen molar-refractivity contribution in [2.24, 2.45) is 5.92 Å². The van der Waals surface area contributed by atoms with Crippen LogP contribution in [-0.2, 0) is 12.0 Å². The smallest absolute Gasteiger partial charge is 0.253 e. The first-order valence-electron chi connectivity index (χ1n) is 8.92. The first kappa shape index (κ1) is 17.8. The van der Waals surface area contributed by atoms with Crippen molar-refractivity contribution < 1.29 is 4.52 Å². The van der Waals surface area contributed by atoms with Gasteiger partial charge in [-0.05, 0) is 38.8 Å². The molecule has 0 bridgehead atoms. The zero-order chi connectivity index (χ0) is 18.0. The molecule has 2 aromatic rings. The monoisotopic (exact) mass is 345 g/mol. The molecule has 2 aromatic heterocycles. The number of nitrogens with zero attached hydrogens (tertiary/aromatic N) is 5. The number of hydrogen-bond acceptors (Lipinski definition) is 6. The molecule has 0 aliphatic carbocycles. The van der Waals surface area contributed by atoms with Crippen molar-refractivity contribution in [3.05, 3.63) is 40.7 Å². The lowest BCUT2D eigenvalue weighted by atomic mass is 9.92. The van der Waals surface area contributed by atoms with Crippen LogP contribution in [0.1, 0.15) is 58.2 Å². The summed E-state index contributed by atoms with van der Waals surface area (Å²) in [6.45, 7) is 11.0. The highest BCUT2D eigenvalue weighted by atomic mass is 16.5. The molecule has 7 nitrogen and oxygen atoms in total. The third-order valence-corrected chi connectivity index (χ3v) is 5.04. The molecule has 0 N–H and O–H groups in total. The Morgan fingerprint density at radius 3 is 2.56 bits per heavy atom. The molecule has 7 heteroatoms. The fraction of sp³-hybridized carbons (Fsp3) is 0.667. The maximum absolute atomic E-state index is 12.4. The van der Waals surface area contributed by atoms with Gasteiger partial charge in [-0.3, -0.25) is 14.3 Å². The number of piperidine rings is 1. The van der Waals surface area contributed by atoms with Gasteiger partial charge in [-0.2, -0.15) is 4.98 Å². The van der Waals surface area contributed by atoms with Gasteiger partial charge in [-0.1, -0.05) is 25.9 Å². The minimum Gasteiger partial charge on any atom is -0.338 e.